The van der Waals surface area contributed by atoms with Crippen molar-refractivity contribution >= 4 is 28.1 Å². The third-order valence-corrected chi connectivity index (χ3v) is 6.39. The molecular weight excluding hydrogens is 464 g/mol. The van der Waals surface area contributed by atoms with Crippen LogP contribution in [-0.2, 0) is 9.47 Å². The van der Waals surface area contributed by atoms with Gasteiger partial charge in [-0.2, -0.15) is 5.10 Å². The smallest absolute Gasteiger partial charge is 0.381 e. The van der Waals surface area contributed by atoms with Crippen LogP contribution in [0.3, 0.4) is 0 Å². The van der Waals surface area contributed by atoms with Crippen molar-refractivity contribution in [3.05, 3.63) is 40.2 Å². The highest BCUT2D eigenvalue weighted by Crippen LogP contribution is 2.36. The van der Waals surface area contributed by atoms with Crippen LogP contribution in [-0.4, -0.2) is 72.5 Å². The Morgan fingerprint density at radius 3 is 2.50 bits per heavy atom. The number of rotatable bonds is 9. The van der Waals surface area contributed by atoms with Gasteiger partial charge in [0, 0.05) is 32.2 Å². The third-order valence-electron chi connectivity index (χ3n) is 5.58. The third kappa shape index (κ3) is 4.67. The van der Waals surface area contributed by atoms with E-state index in [-0.39, 0.29) is 28.7 Å². The molecule has 1 saturated heterocycles. The monoisotopic (exact) mass is 490 g/mol. The van der Waals surface area contributed by atoms with E-state index in [1.165, 1.54) is 13.2 Å². The maximum Gasteiger partial charge on any atom is 0.381 e. The van der Waals surface area contributed by atoms with Crippen LogP contribution in [0.5, 0.6) is 5.75 Å². The van der Waals surface area contributed by atoms with Crippen molar-refractivity contribution in [1.29, 1.82) is 0 Å². The number of ether oxygens (including phenoxy) is 3. The van der Waals surface area contributed by atoms with E-state index in [9.17, 15) is 9.59 Å². The molecule has 182 valence electrons. The summed E-state index contributed by atoms with van der Waals surface area (Å²) in [5.74, 6) is -0.785. The second-order valence-corrected chi connectivity index (χ2v) is 8.70. The Morgan fingerprint density at radius 1 is 1.21 bits per heavy atom. The number of methoxy groups -OCH3 is 3. The van der Waals surface area contributed by atoms with Gasteiger partial charge in [0.1, 0.15) is 0 Å². The molecule has 3 aromatic rings. The standard InChI is InChI=1S/C21H26N6O6S/c1-12-7-8-22-27(12)21-25-24-20(34-21)23-18(28)16-9-15(17(32-4)19(29)33-16)26-13(10-30-2)5-6-14(26)11-31-3/h7-9,13-14H,5-6,10-11H2,1-4H3,(H,23,24,28)/t13-,14-/m1/s1. The zero-order valence-corrected chi connectivity index (χ0v) is 20.1. The van der Waals surface area contributed by atoms with Crippen LogP contribution >= 0.6 is 11.3 Å². The number of aromatic nitrogens is 4. The summed E-state index contributed by atoms with van der Waals surface area (Å²) in [6.45, 7) is 2.78. The Labute approximate surface area is 199 Å². The van der Waals surface area contributed by atoms with Gasteiger partial charge in [-0.15, -0.1) is 10.2 Å². The van der Waals surface area contributed by atoms with Crippen LogP contribution in [0.15, 0.2) is 27.5 Å². The summed E-state index contributed by atoms with van der Waals surface area (Å²) in [5, 5.41) is 15.6. The molecule has 13 heteroatoms. The number of carbonyl (C=O) groups excluding carboxylic acids is 1. The Hall–Kier alpha value is -3.29. The van der Waals surface area contributed by atoms with Crippen LogP contribution in [0.25, 0.3) is 5.13 Å². The number of amides is 1. The van der Waals surface area contributed by atoms with Gasteiger partial charge in [0.15, 0.2) is 5.76 Å². The molecule has 4 rings (SSSR count). The van der Waals surface area contributed by atoms with Crippen molar-refractivity contribution in [3.8, 4) is 10.9 Å². The lowest BCUT2D eigenvalue weighted by molar-refractivity contribution is 0.0991. The van der Waals surface area contributed by atoms with Crippen molar-refractivity contribution in [3.63, 3.8) is 0 Å². The van der Waals surface area contributed by atoms with Gasteiger partial charge in [-0.1, -0.05) is 11.3 Å². The summed E-state index contributed by atoms with van der Waals surface area (Å²) in [4.78, 5) is 27.7. The van der Waals surface area contributed by atoms with Gasteiger partial charge in [0.2, 0.25) is 16.0 Å². The van der Waals surface area contributed by atoms with E-state index in [1.54, 1.807) is 25.1 Å². The Kier molecular flexibility index (Phi) is 7.24. The molecule has 1 aliphatic rings. The fraction of sp³-hybridized carbons (Fsp3) is 0.476. The van der Waals surface area contributed by atoms with E-state index in [0.717, 1.165) is 29.9 Å². The number of aryl methyl sites for hydroxylation is 1. The highest BCUT2D eigenvalue weighted by Gasteiger charge is 2.37. The van der Waals surface area contributed by atoms with E-state index >= 15 is 0 Å². The van der Waals surface area contributed by atoms with Crippen LogP contribution in [0.4, 0.5) is 10.8 Å². The first kappa shape index (κ1) is 23.9. The zero-order chi connectivity index (χ0) is 24.2. The normalized spacial score (nSPS) is 17.8. The molecule has 0 aliphatic carbocycles. The van der Waals surface area contributed by atoms with E-state index < -0.39 is 11.5 Å². The molecule has 0 unspecified atom stereocenters. The lowest BCUT2D eigenvalue weighted by Crippen LogP contribution is -2.41. The lowest BCUT2D eigenvalue weighted by Gasteiger charge is -2.32. The van der Waals surface area contributed by atoms with Gasteiger partial charge >= 0.3 is 5.63 Å². The van der Waals surface area contributed by atoms with Crippen LogP contribution < -0.4 is 20.6 Å². The molecule has 1 amide bonds. The van der Waals surface area contributed by atoms with Crippen molar-refractivity contribution in [2.45, 2.75) is 31.8 Å². The van der Waals surface area contributed by atoms with Gasteiger partial charge in [0.25, 0.3) is 5.91 Å². The van der Waals surface area contributed by atoms with E-state index in [0.29, 0.717) is 24.0 Å². The molecule has 1 fully saturated rings. The molecule has 0 bridgehead atoms. The molecule has 0 spiro atoms. The summed E-state index contributed by atoms with van der Waals surface area (Å²) in [7, 11) is 4.64. The second-order valence-electron chi connectivity index (χ2n) is 7.75. The minimum Gasteiger partial charge on any atom is -0.488 e. The predicted molar refractivity (Wildman–Crippen MR) is 124 cm³/mol. The number of nitrogens with zero attached hydrogens (tertiary/aromatic N) is 5. The summed E-state index contributed by atoms with van der Waals surface area (Å²) >= 11 is 1.14. The number of nitrogens with one attached hydrogen (secondary N) is 1. The molecule has 3 aromatic heterocycles. The summed E-state index contributed by atoms with van der Waals surface area (Å²) in [5.41, 5.74) is 0.576. The Morgan fingerprint density at radius 2 is 1.91 bits per heavy atom. The molecule has 34 heavy (non-hydrogen) atoms. The molecule has 12 nitrogen and oxygen atoms in total. The molecule has 1 N–H and O–H groups in total. The summed E-state index contributed by atoms with van der Waals surface area (Å²) < 4.78 is 23.0. The highest BCUT2D eigenvalue weighted by molar-refractivity contribution is 7.17. The molecule has 0 saturated carbocycles. The Bertz CT molecular complexity index is 1190. The lowest BCUT2D eigenvalue weighted by atomic mass is 10.2. The van der Waals surface area contributed by atoms with Crippen molar-refractivity contribution in [2.75, 3.05) is 44.8 Å². The first-order valence-electron chi connectivity index (χ1n) is 10.6. The fourth-order valence-corrected chi connectivity index (χ4v) is 4.87. The summed E-state index contributed by atoms with van der Waals surface area (Å²) in [6, 6.07) is 3.31. The quantitative estimate of drug-likeness (QED) is 0.474. The van der Waals surface area contributed by atoms with Crippen molar-refractivity contribution in [1.82, 2.24) is 20.0 Å². The number of carbonyl (C=O) groups is 1. The van der Waals surface area contributed by atoms with Crippen LogP contribution in [0.1, 0.15) is 29.1 Å². The van der Waals surface area contributed by atoms with Crippen molar-refractivity contribution in [2.24, 2.45) is 0 Å². The first-order chi connectivity index (χ1) is 16.5. The minimum absolute atomic E-state index is 0.0141. The topological polar surface area (TPSA) is 134 Å². The largest absolute Gasteiger partial charge is 0.488 e. The number of anilines is 2. The highest BCUT2D eigenvalue weighted by atomic mass is 32.1. The van der Waals surface area contributed by atoms with E-state index in [4.69, 9.17) is 18.6 Å². The summed E-state index contributed by atoms with van der Waals surface area (Å²) in [6.07, 6.45) is 3.33. The molecule has 0 aromatic carbocycles. The zero-order valence-electron chi connectivity index (χ0n) is 19.3. The van der Waals surface area contributed by atoms with Crippen molar-refractivity contribution < 1.29 is 23.4 Å². The van der Waals surface area contributed by atoms with Crippen LogP contribution in [0, 0.1) is 6.92 Å². The number of hydrogen-bond acceptors (Lipinski definition) is 11. The SMILES string of the molecule is COC[C@H]1CC[C@H](COC)N1c1cc(C(=O)Nc2nnc(-n3nccc3C)s2)oc(=O)c1OC. The fourth-order valence-electron chi connectivity index (χ4n) is 4.11. The molecule has 0 radical (unpaired) electrons. The van der Waals surface area contributed by atoms with Gasteiger partial charge < -0.3 is 23.5 Å². The van der Waals surface area contributed by atoms with Gasteiger partial charge in [0.05, 0.1) is 38.1 Å². The Balaban J connectivity index is 1.64. The molecule has 1 aliphatic heterocycles. The average Bonchev–Trinajstić information content (AvgIpc) is 3.54. The second kappa shape index (κ2) is 10.3. The van der Waals surface area contributed by atoms with Gasteiger partial charge in [-0.05, 0) is 25.8 Å². The van der Waals surface area contributed by atoms with E-state index in [1.807, 2.05) is 17.9 Å². The average molecular weight is 491 g/mol. The first-order valence-corrected chi connectivity index (χ1v) is 11.4. The molecule has 4 heterocycles. The van der Waals surface area contributed by atoms with Gasteiger partial charge in [-0.25, -0.2) is 9.48 Å². The number of hydrogen-bond donors (Lipinski definition) is 1. The maximum atomic E-state index is 13.0. The predicted octanol–water partition coefficient (Wildman–Crippen LogP) is 1.88. The van der Waals surface area contributed by atoms with Gasteiger partial charge in [-0.3, -0.25) is 10.1 Å². The molecular formula is C21H26N6O6S. The van der Waals surface area contributed by atoms with E-state index in [2.05, 4.69) is 20.6 Å². The minimum atomic E-state index is -0.755. The van der Waals surface area contributed by atoms with Crippen LogP contribution in [0.2, 0.25) is 0 Å². The molecule has 2 atom stereocenters. The maximum absolute atomic E-state index is 13.0.